The average Bonchev–Trinajstić information content (AvgIpc) is 3.30. The van der Waals surface area contributed by atoms with Crippen LogP contribution in [0.15, 0.2) is 55.4 Å². The lowest BCUT2D eigenvalue weighted by atomic mass is 10.2. The summed E-state index contributed by atoms with van der Waals surface area (Å²) in [6, 6.07) is 10.3. The van der Waals surface area contributed by atoms with Crippen LogP contribution < -0.4 is 0 Å². The van der Waals surface area contributed by atoms with Crippen molar-refractivity contribution in [1.29, 1.82) is 0 Å². The highest BCUT2D eigenvalue weighted by Crippen LogP contribution is 2.31. The van der Waals surface area contributed by atoms with Crippen LogP contribution in [-0.4, -0.2) is 26.9 Å². The number of carbonyl (C=O) groups is 1. The number of amides is 1. The predicted octanol–water partition coefficient (Wildman–Crippen LogP) is 2.86. The van der Waals surface area contributed by atoms with Gasteiger partial charge < -0.3 is 9.47 Å². The van der Waals surface area contributed by atoms with E-state index in [0.717, 1.165) is 25.2 Å². The van der Waals surface area contributed by atoms with E-state index >= 15 is 0 Å². The molecule has 114 valence electrons. The molecule has 1 aromatic carbocycles. The normalized spacial score (nSPS) is 13.8. The maximum atomic E-state index is 12.3. The van der Waals surface area contributed by atoms with Crippen LogP contribution in [0, 0.1) is 5.92 Å². The third-order valence-corrected chi connectivity index (χ3v) is 3.92. The summed E-state index contributed by atoms with van der Waals surface area (Å²) in [5, 5.41) is 0. The highest BCUT2D eigenvalue weighted by atomic mass is 16.2. The summed E-state index contributed by atoms with van der Waals surface area (Å²) in [5.41, 5.74) is 1.23. The van der Waals surface area contributed by atoms with Gasteiger partial charge in [-0.1, -0.05) is 36.4 Å². The Morgan fingerprint density at radius 3 is 2.82 bits per heavy atom. The first-order valence-electron chi connectivity index (χ1n) is 7.71. The van der Waals surface area contributed by atoms with Gasteiger partial charge in [-0.3, -0.25) is 4.79 Å². The van der Waals surface area contributed by atoms with Gasteiger partial charge in [0.1, 0.15) is 5.82 Å². The van der Waals surface area contributed by atoms with Gasteiger partial charge in [0.15, 0.2) is 0 Å². The molecule has 0 spiro atoms. The smallest absolute Gasteiger partial charge is 0.226 e. The minimum atomic E-state index is 0.220. The summed E-state index contributed by atoms with van der Waals surface area (Å²) in [6.45, 7) is 5.65. The molecule has 0 aliphatic heterocycles. The number of hydrogen-bond acceptors (Lipinski definition) is 2. The number of aromatic nitrogens is 2. The Balaban J connectivity index is 1.72. The molecule has 1 aliphatic carbocycles. The van der Waals surface area contributed by atoms with Gasteiger partial charge in [-0.05, 0) is 18.4 Å². The molecule has 1 saturated carbocycles. The molecular formula is C18H21N3O. The monoisotopic (exact) mass is 295 g/mol. The molecular weight excluding hydrogens is 274 g/mol. The van der Waals surface area contributed by atoms with Gasteiger partial charge in [-0.15, -0.1) is 6.58 Å². The SMILES string of the molecule is C=CCN(Cc1nccn1Cc1ccccc1)C(=O)C1CC1. The third kappa shape index (κ3) is 3.45. The Hall–Kier alpha value is -2.36. The summed E-state index contributed by atoms with van der Waals surface area (Å²) in [7, 11) is 0. The number of nitrogens with zero attached hydrogens (tertiary/aromatic N) is 3. The molecule has 0 bridgehead atoms. The summed E-state index contributed by atoms with van der Waals surface area (Å²) in [5.74, 6) is 1.37. The van der Waals surface area contributed by atoms with E-state index in [9.17, 15) is 4.79 Å². The fourth-order valence-electron chi connectivity index (χ4n) is 2.56. The Bertz CT molecular complexity index is 643. The number of rotatable bonds is 7. The molecule has 0 unspecified atom stereocenters. The van der Waals surface area contributed by atoms with Crippen molar-refractivity contribution in [3.05, 3.63) is 66.8 Å². The van der Waals surface area contributed by atoms with E-state index in [0.29, 0.717) is 13.1 Å². The molecule has 22 heavy (non-hydrogen) atoms. The molecule has 4 heteroatoms. The van der Waals surface area contributed by atoms with Gasteiger partial charge >= 0.3 is 0 Å². The van der Waals surface area contributed by atoms with Gasteiger partial charge in [-0.2, -0.15) is 0 Å². The van der Waals surface area contributed by atoms with Crippen LogP contribution >= 0.6 is 0 Å². The van der Waals surface area contributed by atoms with Gasteiger partial charge in [0.2, 0.25) is 5.91 Å². The first kappa shape index (κ1) is 14.6. The molecule has 0 atom stereocenters. The van der Waals surface area contributed by atoms with Crippen LogP contribution in [0.3, 0.4) is 0 Å². The molecule has 2 aromatic rings. The van der Waals surface area contributed by atoms with E-state index < -0.39 is 0 Å². The Labute approximate surface area is 131 Å². The van der Waals surface area contributed by atoms with Crippen LogP contribution in [-0.2, 0) is 17.9 Å². The van der Waals surface area contributed by atoms with Crippen LogP contribution in [0.2, 0.25) is 0 Å². The lowest BCUT2D eigenvalue weighted by Gasteiger charge is -2.21. The molecule has 1 aliphatic rings. The molecule has 0 radical (unpaired) electrons. The minimum absolute atomic E-state index is 0.220. The Morgan fingerprint density at radius 1 is 1.36 bits per heavy atom. The van der Waals surface area contributed by atoms with Crippen molar-refractivity contribution >= 4 is 5.91 Å². The molecule has 1 heterocycles. The van der Waals surface area contributed by atoms with Crippen molar-refractivity contribution in [3.8, 4) is 0 Å². The first-order chi connectivity index (χ1) is 10.8. The number of hydrogen-bond donors (Lipinski definition) is 0. The van der Waals surface area contributed by atoms with E-state index in [4.69, 9.17) is 0 Å². The minimum Gasteiger partial charge on any atom is -0.331 e. The highest BCUT2D eigenvalue weighted by molar-refractivity contribution is 5.81. The van der Waals surface area contributed by atoms with Crippen molar-refractivity contribution in [2.75, 3.05) is 6.54 Å². The largest absolute Gasteiger partial charge is 0.331 e. The maximum absolute atomic E-state index is 12.3. The van der Waals surface area contributed by atoms with E-state index in [-0.39, 0.29) is 11.8 Å². The van der Waals surface area contributed by atoms with Gasteiger partial charge in [0.05, 0.1) is 6.54 Å². The van der Waals surface area contributed by atoms with E-state index in [1.807, 2.05) is 29.3 Å². The number of benzene rings is 1. The van der Waals surface area contributed by atoms with Crippen molar-refractivity contribution in [1.82, 2.24) is 14.5 Å². The summed E-state index contributed by atoms with van der Waals surface area (Å²) in [6.07, 6.45) is 7.59. The fourth-order valence-corrected chi connectivity index (χ4v) is 2.56. The van der Waals surface area contributed by atoms with E-state index in [2.05, 4.69) is 28.3 Å². The molecule has 0 saturated heterocycles. The van der Waals surface area contributed by atoms with E-state index in [1.54, 1.807) is 12.3 Å². The predicted molar refractivity (Wildman–Crippen MR) is 86.1 cm³/mol. The summed E-state index contributed by atoms with van der Waals surface area (Å²) >= 11 is 0. The number of imidazole rings is 1. The summed E-state index contributed by atoms with van der Waals surface area (Å²) < 4.78 is 2.10. The zero-order valence-electron chi connectivity index (χ0n) is 12.7. The molecule has 4 nitrogen and oxygen atoms in total. The topological polar surface area (TPSA) is 38.1 Å². The van der Waals surface area contributed by atoms with E-state index in [1.165, 1.54) is 5.56 Å². The second kappa shape index (κ2) is 6.60. The van der Waals surface area contributed by atoms with Crippen LogP contribution in [0.4, 0.5) is 0 Å². The Kier molecular flexibility index (Phi) is 4.37. The van der Waals surface area contributed by atoms with Crippen molar-refractivity contribution in [2.45, 2.75) is 25.9 Å². The van der Waals surface area contributed by atoms with Gasteiger partial charge in [-0.25, -0.2) is 4.98 Å². The second-order valence-electron chi connectivity index (χ2n) is 5.74. The van der Waals surface area contributed by atoms with Crippen LogP contribution in [0.5, 0.6) is 0 Å². The zero-order chi connectivity index (χ0) is 15.4. The molecule has 0 N–H and O–H groups in total. The fraction of sp³-hybridized carbons (Fsp3) is 0.333. The quantitative estimate of drug-likeness (QED) is 0.737. The summed E-state index contributed by atoms with van der Waals surface area (Å²) in [4.78, 5) is 18.6. The lowest BCUT2D eigenvalue weighted by molar-refractivity contribution is -0.132. The standard InChI is InChI=1S/C18H21N3O/c1-2-11-21(18(22)16-8-9-16)14-17-19-10-12-20(17)13-15-6-4-3-5-7-15/h2-7,10,12,16H,1,8-9,11,13-14H2. The highest BCUT2D eigenvalue weighted by Gasteiger charge is 2.33. The maximum Gasteiger partial charge on any atom is 0.226 e. The molecule has 1 amide bonds. The molecule has 1 fully saturated rings. The van der Waals surface area contributed by atoms with Gasteiger partial charge in [0, 0.05) is 31.4 Å². The third-order valence-electron chi connectivity index (χ3n) is 3.92. The second-order valence-corrected chi connectivity index (χ2v) is 5.74. The molecule has 1 aromatic heterocycles. The van der Waals surface area contributed by atoms with Crippen molar-refractivity contribution < 1.29 is 4.79 Å². The average molecular weight is 295 g/mol. The van der Waals surface area contributed by atoms with Gasteiger partial charge in [0.25, 0.3) is 0 Å². The zero-order valence-corrected chi connectivity index (χ0v) is 12.7. The van der Waals surface area contributed by atoms with Crippen LogP contribution in [0.25, 0.3) is 0 Å². The molecule has 3 rings (SSSR count). The number of carbonyl (C=O) groups excluding carboxylic acids is 1. The van der Waals surface area contributed by atoms with Crippen molar-refractivity contribution in [3.63, 3.8) is 0 Å². The lowest BCUT2D eigenvalue weighted by Crippen LogP contribution is -2.33. The van der Waals surface area contributed by atoms with Crippen LogP contribution in [0.1, 0.15) is 24.2 Å². The van der Waals surface area contributed by atoms with Crippen molar-refractivity contribution in [2.24, 2.45) is 5.92 Å². The Morgan fingerprint density at radius 2 is 2.14 bits per heavy atom. The first-order valence-corrected chi connectivity index (χ1v) is 7.71.